The van der Waals surface area contributed by atoms with Crippen molar-refractivity contribution in [3.8, 4) is 5.75 Å². The SMILES string of the molecule is Cc1csc2c(NCCOc3ccccc3N)ncnc12. The van der Waals surface area contributed by atoms with Crippen molar-refractivity contribution in [2.75, 3.05) is 24.2 Å². The Morgan fingerprint density at radius 1 is 1.29 bits per heavy atom. The number of ether oxygens (including phenoxy) is 1. The van der Waals surface area contributed by atoms with Gasteiger partial charge in [0.25, 0.3) is 0 Å². The molecule has 3 N–H and O–H groups in total. The zero-order valence-electron chi connectivity index (χ0n) is 11.7. The first kappa shape index (κ1) is 13.6. The Hall–Kier alpha value is -2.34. The van der Waals surface area contributed by atoms with Crippen LogP contribution in [0.4, 0.5) is 11.5 Å². The van der Waals surface area contributed by atoms with E-state index in [1.54, 1.807) is 17.7 Å². The van der Waals surface area contributed by atoms with Crippen molar-refractivity contribution < 1.29 is 4.74 Å². The fraction of sp³-hybridized carbons (Fsp3) is 0.200. The number of aryl methyl sites for hydroxylation is 1. The fourth-order valence-electron chi connectivity index (χ4n) is 2.04. The lowest BCUT2D eigenvalue weighted by atomic mass is 10.3. The van der Waals surface area contributed by atoms with E-state index in [-0.39, 0.29) is 0 Å². The summed E-state index contributed by atoms with van der Waals surface area (Å²) in [4.78, 5) is 8.59. The largest absolute Gasteiger partial charge is 0.490 e. The third kappa shape index (κ3) is 2.90. The summed E-state index contributed by atoms with van der Waals surface area (Å²) in [6.07, 6.45) is 1.58. The maximum absolute atomic E-state index is 5.83. The van der Waals surface area contributed by atoms with Gasteiger partial charge >= 0.3 is 0 Å². The quantitative estimate of drug-likeness (QED) is 0.559. The van der Waals surface area contributed by atoms with Gasteiger partial charge in [-0.15, -0.1) is 11.3 Å². The number of hydrogen-bond acceptors (Lipinski definition) is 6. The number of fused-ring (bicyclic) bond motifs is 1. The van der Waals surface area contributed by atoms with Gasteiger partial charge in [0, 0.05) is 0 Å². The van der Waals surface area contributed by atoms with Crippen molar-refractivity contribution in [1.82, 2.24) is 9.97 Å². The number of nitrogens with zero attached hydrogens (tertiary/aromatic N) is 2. The lowest BCUT2D eigenvalue weighted by molar-refractivity contribution is 0.334. The average molecular weight is 300 g/mol. The average Bonchev–Trinajstić information content (AvgIpc) is 2.88. The molecule has 0 atom stereocenters. The molecule has 3 aromatic rings. The molecule has 0 unspecified atom stereocenters. The summed E-state index contributed by atoms with van der Waals surface area (Å²) < 4.78 is 6.73. The second kappa shape index (κ2) is 5.97. The summed E-state index contributed by atoms with van der Waals surface area (Å²) >= 11 is 1.65. The molecule has 0 spiro atoms. The molecule has 21 heavy (non-hydrogen) atoms. The first-order valence-electron chi connectivity index (χ1n) is 6.65. The van der Waals surface area contributed by atoms with Gasteiger partial charge in [-0.2, -0.15) is 0 Å². The number of hydrogen-bond donors (Lipinski definition) is 2. The molecule has 2 heterocycles. The highest BCUT2D eigenvalue weighted by atomic mass is 32.1. The third-order valence-corrected chi connectivity index (χ3v) is 4.20. The topological polar surface area (TPSA) is 73.1 Å². The van der Waals surface area contributed by atoms with E-state index < -0.39 is 0 Å². The van der Waals surface area contributed by atoms with Crippen molar-refractivity contribution in [3.63, 3.8) is 0 Å². The fourth-order valence-corrected chi connectivity index (χ4v) is 3.01. The number of anilines is 2. The molecular formula is C15H16N4OS. The summed E-state index contributed by atoms with van der Waals surface area (Å²) in [6, 6.07) is 7.48. The molecule has 0 radical (unpaired) electrons. The van der Waals surface area contributed by atoms with Gasteiger partial charge in [0.05, 0.1) is 22.4 Å². The summed E-state index contributed by atoms with van der Waals surface area (Å²) in [5.41, 5.74) is 8.66. The monoisotopic (exact) mass is 300 g/mol. The first-order valence-corrected chi connectivity index (χ1v) is 7.53. The minimum Gasteiger partial charge on any atom is -0.490 e. The van der Waals surface area contributed by atoms with Crippen LogP contribution >= 0.6 is 11.3 Å². The Kier molecular flexibility index (Phi) is 3.87. The molecule has 1 aromatic carbocycles. The maximum atomic E-state index is 5.83. The van der Waals surface area contributed by atoms with Gasteiger partial charge in [0.2, 0.25) is 0 Å². The molecule has 0 amide bonds. The van der Waals surface area contributed by atoms with Gasteiger partial charge in [-0.1, -0.05) is 12.1 Å². The summed E-state index contributed by atoms with van der Waals surface area (Å²) in [5, 5.41) is 5.37. The molecule has 0 saturated carbocycles. The van der Waals surface area contributed by atoms with Crippen LogP contribution in [-0.4, -0.2) is 23.1 Å². The number of rotatable bonds is 5. The number of aromatic nitrogens is 2. The van der Waals surface area contributed by atoms with Crippen LogP contribution in [0.1, 0.15) is 5.56 Å². The molecule has 0 aliphatic rings. The molecule has 0 aliphatic heterocycles. The standard InChI is InChI=1S/C15H16N4OS/c1-10-8-21-14-13(10)18-9-19-15(14)17-6-7-20-12-5-3-2-4-11(12)16/h2-5,8-9H,6-7,16H2,1H3,(H,17,18,19). The van der Waals surface area contributed by atoms with Gasteiger partial charge in [0.1, 0.15) is 24.5 Å². The Balaban J connectivity index is 1.61. The first-order chi connectivity index (χ1) is 10.3. The molecule has 0 fully saturated rings. The summed E-state index contributed by atoms with van der Waals surface area (Å²) in [5.74, 6) is 1.56. The van der Waals surface area contributed by atoms with Crippen molar-refractivity contribution >= 4 is 33.1 Å². The zero-order valence-corrected chi connectivity index (χ0v) is 12.5. The normalized spacial score (nSPS) is 10.7. The molecule has 5 nitrogen and oxygen atoms in total. The van der Waals surface area contributed by atoms with E-state index in [0.29, 0.717) is 24.6 Å². The molecule has 0 aliphatic carbocycles. The minimum absolute atomic E-state index is 0.518. The van der Waals surface area contributed by atoms with Gasteiger partial charge < -0.3 is 15.8 Å². The van der Waals surface area contributed by atoms with Crippen molar-refractivity contribution in [2.45, 2.75) is 6.92 Å². The minimum atomic E-state index is 0.518. The van der Waals surface area contributed by atoms with Crippen LogP contribution in [0.25, 0.3) is 10.2 Å². The van der Waals surface area contributed by atoms with E-state index in [0.717, 1.165) is 16.0 Å². The summed E-state index contributed by atoms with van der Waals surface area (Å²) in [6.45, 7) is 3.22. The van der Waals surface area contributed by atoms with Crippen molar-refractivity contribution in [3.05, 3.63) is 41.5 Å². The lowest BCUT2D eigenvalue weighted by Gasteiger charge is -2.10. The Morgan fingerprint density at radius 2 is 2.14 bits per heavy atom. The van der Waals surface area contributed by atoms with E-state index in [4.69, 9.17) is 10.5 Å². The highest BCUT2D eigenvalue weighted by Crippen LogP contribution is 2.28. The van der Waals surface area contributed by atoms with Gasteiger partial charge in [-0.05, 0) is 30.0 Å². The molecule has 2 aromatic heterocycles. The van der Waals surface area contributed by atoms with Crippen LogP contribution in [0.2, 0.25) is 0 Å². The summed E-state index contributed by atoms with van der Waals surface area (Å²) in [7, 11) is 0. The van der Waals surface area contributed by atoms with Crippen LogP contribution in [0.15, 0.2) is 36.0 Å². The van der Waals surface area contributed by atoms with Gasteiger partial charge in [-0.25, -0.2) is 9.97 Å². The number of para-hydroxylation sites is 2. The molecule has 3 rings (SSSR count). The Morgan fingerprint density at radius 3 is 3.00 bits per heavy atom. The van der Waals surface area contributed by atoms with E-state index in [2.05, 4.69) is 27.6 Å². The zero-order chi connectivity index (χ0) is 14.7. The van der Waals surface area contributed by atoms with Crippen LogP contribution in [0.3, 0.4) is 0 Å². The number of nitrogens with one attached hydrogen (secondary N) is 1. The van der Waals surface area contributed by atoms with E-state index in [9.17, 15) is 0 Å². The van der Waals surface area contributed by atoms with Crippen LogP contribution in [0.5, 0.6) is 5.75 Å². The van der Waals surface area contributed by atoms with Crippen LogP contribution < -0.4 is 15.8 Å². The van der Waals surface area contributed by atoms with Crippen LogP contribution in [0, 0.1) is 6.92 Å². The van der Waals surface area contributed by atoms with Crippen molar-refractivity contribution in [2.24, 2.45) is 0 Å². The molecule has 0 bridgehead atoms. The van der Waals surface area contributed by atoms with E-state index in [1.807, 2.05) is 24.3 Å². The number of nitrogen functional groups attached to an aromatic ring is 1. The second-order valence-electron chi connectivity index (χ2n) is 4.63. The number of nitrogens with two attached hydrogens (primary N) is 1. The Labute approximate surface area is 126 Å². The van der Waals surface area contributed by atoms with Gasteiger partial charge in [0.15, 0.2) is 0 Å². The Bertz CT molecular complexity index is 756. The number of thiophene rings is 1. The molecule has 108 valence electrons. The van der Waals surface area contributed by atoms with E-state index >= 15 is 0 Å². The molecular weight excluding hydrogens is 284 g/mol. The predicted octanol–water partition coefficient (Wildman–Crippen LogP) is 3.07. The lowest BCUT2D eigenvalue weighted by Crippen LogP contribution is -2.13. The smallest absolute Gasteiger partial charge is 0.147 e. The highest BCUT2D eigenvalue weighted by molar-refractivity contribution is 7.18. The molecule has 0 saturated heterocycles. The van der Waals surface area contributed by atoms with E-state index in [1.165, 1.54) is 5.56 Å². The van der Waals surface area contributed by atoms with Gasteiger partial charge in [-0.3, -0.25) is 0 Å². The second-order valence-corrected chi connectivity index (χ2v) is 5.51. The predicted molar refractivity (Wildman–Crippen MR) is 87.0 cm³/mol. The van der Waals surface area contributed by atoms with Crippen LogP contribution in [-0.2, 0) is 0 Å². The van der Waals surface area contributed by atoms with Crippen molar-refractivity contribution in [1.29, 1.82) is 0 Å². The maximum Gasteiger partial charge on any atom is 0.147 e. The highest BCUT2D eigenvalue weighted by Gasteiger charge is 2.07. The third-order valence-electron chi connectivity index (χ3n) is 3.10. The number of benzene rings is 1. The molecule has 6 heteroatoms.